The fourth-order valence-corrected chi connectivity index (χ4v) is 11.8. The first kappa shape index (κ1) is 58.9. The van der Waals surface area contributed by atoms with Gasteiger partial charge in [-0.2, -0.15) is 0 Å². The highest BCUT2D eigenvalue weighted by molar-refractivity contribution is 7.16. The Labute approximate surface area is 477 Å². The third kappa shape index (κ3) is 14.1. The Morgan fingerprint density at radius 2 is 1.10 bits per heavy atom. The lowest BCUT2D eigenvalue weighted by molar-refractivity contribution is -0.137. The molecule has 2 saturated heterocycles. The number of hydrogen-bond donors (Lipinski definition) is 4. The average Bonchev–Trinajstić information content (AvgIpc) is 4.26. The lowest BCUT2D eigenvalue weighted by atomic mass is 9.89. The number of piperidine rings is 2. The Balaban J connectivity index is 0.000000175. The number of benzene rings is 1. The number of carboxylic acids is 1. The SMILES string of the molecule is CC(C)(C)c1cc(-c2nc(C3CCN(C(=O)Cn4c(=O)[nH]c5cccnc54)CC3)sc2Cl)nc(C(C)(C)C)n1.CC(C)(C)c1cc(-c2nc(C3CCNCC3)sc2Cl)nc(C(C)(C)C)n1.O=C(O)Cn1c(=O)[nH]c2ccccc21. The number of carbonyl (C=O) groups excluding carboxylic acids is 1. The third-order valence-corrected chi connectivity index (χ3v) is 16.5. The Kier molecular flexibility index (Phi) is 17.5. The molecule has 22 heteroatoms. The number of rotatable bonds is 8. The first-order valence-electron chi connectivity index (χ1n) is 26.6. The van der Waals surface area contributed by atoms with E-state index in [1.165, 1.54) is 20.5 Å². The topological polar surface area (TPSA) is 235 Å². The molecule has 79 heavy (non-hydrogen) atoms. The summed E-state index contributed by atoms with van der Waals surface area (Å²) in [7, 11) is 0. The number of H-pyrrole nitrogens is 2. The van der Waals surface area contributed by atoms with Gasteiger partial charge in [-0.1, -0.05) is 118 Å². The van der Waals surface area contributed by atoms with Gasteiger partial charge in [-0.15, -0.1) is 22.7 Å². The molecule has 0 spiro atoms. The minimum absolute atomic E-state index is 0.0341. The summed E-state index contributed by atoms with van der Waals surface area (Å²) < 4.78 is 3.94. The van der Waals surface area contributed by atoms with E-state index in [4.69, 9.17) is 58.2 Å². The molecular weight excluding hydrogens is 1080 g/mol. The van der Waals surface area contributed by atoms with Crippen molar-refractivity contribution in [2.75, 3.05) is 26.2 Å². The summed E-state index contributed by atoms with van der Waals surface area (Å²) in [6, 6.07) is 14.6. The Hall–Kier alpha value is -6.19. The van der Waals surface area contributed by atoms with E-state index in [0.29, 0.717) is 51.2 Å². The number of aromatic nitrogens is 11. The van der Waals surface area contributed by atoms with E-state index in [1.807, 2.05) is 11.0 Å². The van der Waals surface area contributed by atoms with Gasteiger partial charge in [0.1, 0.15) is 44.8 Å². The standard InChI is InChI=1S/C28H34ClN7O2S.C20H29ClN4S.C9H8N2O3/c1-27(2,3)19-14-18(31-25(33-19)28(4,5)6)21-22(29)39-24(34-21)16-9-12-35(13-10-16)20(37)15-36-23-17(32-26(36)38)8-7-11-30-23;1-19(2,3)14-11-13(23-18(24-14)20(4,5)6)15-16(21)26-17(25-15)12-7-9-22-10-8-12;12-8(13)5-11-7-4-2-1-3-6(7)10-9(11)14/h7-8,11,14,16H,9-10,12-13,15H2,1-6H3,(H,32,38);11-12,22H,7-10H2,1-6H3;1-4H,5H2,(H,10,14)(H,12,13). The van der Waals surface area contributed by atoms with E-state index in [2.05, 4.69) is 109 Å². The summed E-state index contributed by atoms with van der Waals surface area (Å²) in [6.07, 6.45) is 5.41. The lowest BCUT2D eigenvalue weighted by Gasteiger charge is -2.31. The first-order valence-corrected chi connectivity index (χ1v) is 29.0. The van der Waals surface area contributed by atoms with Crippen LogP contribution in [0, 0.1) is 0 Å². The van der Waals surface area contributed by atoms with Crippen molar-refractivity contribution >= 4 is 79.9 Å². The summed E-state index contributed by atoms with van der Waals surface area (Å²) in [4.78, 5) is 87.9. The predicted molar refractivity (Wildman–Crippen MR) is 315 cm³/mol. The van der Waals surface area contributed by atoms with Crippen LogP contribution < -0.4 is 16.7 Å². The van der Waals surface area contributed by atoms with Crippen molar-refractivity contribution in [1.82, 2.24) is 64.2 Å². The second-order valence-electron chi connectivity index (χ2n) is 24.3. The zero-order chi connectivity index (χ0) is 57.4. The lowest BCUT2D eigenvalue weighted by Crippen LogP contribution is -2.41. The van der Waals surface area contributed by atoms with Crippen LogP contribution in [0.2, 0.25) is 8.67 Å². The molecule has 0 aliphatic carbocycles. The maximum Gasteiger partial charge on any atom is 0.328 e. The third-order valence-electron chi connectivity index (χ3n) is 13.7. The van der Waals surface area contributed by atoms with Gasteiger partial charge in [0, 0.05) is 52.8 Å². The smallest absolute Gasteiger partial charge is 0.328 e. The van der Waals surface area contributed by atoms with Gasteiger partial charge in [0.2, 0.25) is 5.91 Å². The molecule has 2 fully saturated rings. The van der Waals surface area contributed by atoms with Crippen LogP contribution in [0.1, 0.15) is 154 Å². The minimum Gasteiger partial charge on any atom is -0.480 e. The van der Waals surface area contributed by atoms with Gasteiger partial charge in [0.25, 0.3) is 0 Å². The molecule has 420 valence electrons. The average molecular weight is 1150 g/mol. The fraction of sp³-hybridized carbons (Fsp3) is 0.491. The van der Waals surface area contributed by atoms with E-state index in [1.54, 1.807) is 53.9 Å². The van der Waals surface area contributed by atoms with Gasteiger partial charge in [-0.05, 0) is 75.2 Å². The summed E-state index contributed by atoms with van der Waals surface area (Å²) in [5.41, 5.74) is 6.19. The summed E-state index contributed by atoms with van der Waals surface area (Å²) >= 11 is 16.5. The molecule has 1 amide bonds. The number of halogens is 2. The van der Waals surface area contributed by atoms with Crippen molar-refractivity contribution in [2.45, 2.75) is 155 Å². The van der Waals surface area contributed by atoms with Gasteiger partial charge in [0.05, 0.1) is 49.3 Å². The van der Waals surface area contributed by atoms with Crippen LogP contribution in [0.25, 0.3) is 45.0 Å². The first-order chi connectivity index (χ1) is 37.0. The van der Waals surface area contributed by atoms with Crippen molar-refractivity contribution in [3.63, 3.8) is 0 Å². The highest BCUT2D eigenvalue weighted by Gasteiger charge is 2.31. The van der Waals surface area contributed by atoms with E-state index in [0.717, 1.165) is 93.2 Å². The molecule has 0 unspecified atom stereocenters. The molecule has 7 aromatic heterocycles. The number of nitrogens with zero attached hydrogens (tertiary/aromatic N) is 10. The van der Waals surface area contributed by atoms with Crippen molar-refractivity contribution < 1.29 is 14.7 Å². The number of likely N-dealkylation sites (tertiary alicyclic amines) is 1. The van der Waals surface area contributed by atoms with Gasteiger partial charge >= 0.3 is 17.3 Å². The zero-order valence-corrected chi connectivity index (χ0v) is 50.2. The number of para-hydroxylation sites is 2. The van der Waals surface area contributed by atoms with Crippen molar-refractivity contribution in [3.05, 3.63) is 117 Å². The molecule has 2 aliphatic heterocycles. The Bertz CT molecular complexity index is 3550. The van der Waals surface area contributed by atoms with Crippen LogP contribution in [0.5, 0.6) is 0 Å². The summed E-state index contributed by atoms with van der Waals surface area (Å²) in [5.74, 6) is 1.19. The highest BCUT2D eigenvalue weighted by atomic mass is 35.5. The fourth-order valence-electron chi connectivity index (χ4n) is 9.09. The molecule has 0 atom stereocenters. The number of imidazole rings is 2. The maximum atomic E-state index is 13.0. The summed E-state index contributed by atoms with van der Waals surface area (Å²) in [6.45, 7) is 28.6. The van der Waals surface area contributed by atoms with Crippen LogP contribution >= 0.6 is 45.9 Å². The molecule has 9 heterocycles. The molecule has 0 bridgehead atoms. The van der Waals surface area contributed by atoms with Crippen molar-refractivity contribution in [2.24, 2.45) is 0 Å². The number of amides is 1. The number of carbonyl (C=O) groups is 2. The van der Waals surface area contributed by atoms with Gasteiger partial charge < -0.3 is 25.3 Å². The second kappa shape index (κ2) is 23.5. The van der Waals surface area contributed by atoms with Crippen LogP contribution in [0.15, 0.2) is 64.3 Å². The number of fused-ring (bicyclic) bond motifs is 2. The van der Waals surface area contributed by atoms with Crippen molar-refractivity contribution in [3.8, 4) is 22.8 Å². The Morgan fingerprint density at radius 3 is 1.61 bits per heavy atom. The number of thiazole rings is 2. The number of pyridine rings is 1. The highest BCUT2D eigenvalue weighted by Crippen LogP contribution is 2.41. The van der Waals surface area contributed by atoms with Gasteiger partial charge in [-0.25, -0.2) is 44.5 Å². The molecule has 0 saturated carbocycles. The van der Waals surface area contributed by atoms with Gasteiger partial charge in [-0.3, -0.25) is 18.7 Å². The van der Waals surface area contributed by atoms with E-state index in [-0.39, 0.29) is 52.3 Å². The number of carboxylic acid groups (broad SMARTS) is 1. The molecule has 4 N–H and O–H groups in total. The quantitative estimate of drug-likeness (QED) is 0.111. The van der Waals surface area contributed by atoms with Crippen LogP contribution in [0.4, 0.5) is 0 Å². The van der Waals surface area contributed by atoms with Crippen molar-refractivity contribution in [1.29, 1.82) is 0 Å². The zero-order valence-electron chi connectivity index (χ0n) is 47.0. The largest absolute Gasteiger partial charge is 0.480 e. The maximum absolute atomic E-state index is 13.0. The number of nitrogens with one attached hydrogen (secondary N) is 3. The monoisotopic (exact) mass is 1150 g/mol. The van der Waals surface area contributed by atoms with E-state index < -0.39 is 11.7 Å². The predicted octanol–water partition coefficient (Wildman–Crippen LogP) is 11.0. The van der Waals surface area contributed by atoms with Crippen LogP contribution in [-0.2, 0) is 44.3 Å². The second-order valence-corrected chi connectivity index (χ2v) is 27.5. The molecule has 2 aliphatic rings. The minimum atomic E-state index is -1.03. The van der Waals surface area contributed by atoms with E-state index in [9.17, 15) is 19.2 Å². The molecule has 10 rings (SSSR count). The van der Waals surface area contributed by atoms with Crippen LogP contribution in [-0.4, -0.2) is 102 Å². The molecule has 1 aromatic carbocycles. The normalized spacial score (nSPS) is 15.0. The number of aliphatic carboxylic acids is 1. The molecule has 8 aromatic rings. The number of aromatic amines is 2. The molecular formula is C57H71Cl2N13O5S2. The molecule has 0 radical (unpaired) electrons. The number of hydrogen-bond acceptors (Lipinski definition) is 14. The van der Waals surface area contributed by atoms with E-state index >= 15 is 0 Å². The summed E-state index contributed by atoms with van der Waals surface area (Å²) in [5, 5.41) is 14.1. The molecule has 18 nitrogen and oxygen atoms in total. The van der Waals surface area contributed by atoms with Crippen LogP contribution in [0.3, 0.4) is 0 Å². The Morgan fingerprint density at radius 1 is 0.620 bits per heavy atom. The van der Waals surface area contributed by atoms with Gasteiger partial charge in [0.15, 0.2) is 5.65 Å².